The SMILES string of the molecule is CNc1cccc2c(OCC(F)(F)F)ncc(C)c12. The zero-order valence-electron chi connectivity index (χ0n) is 10.5. The maximum absolute atomic E-state index is 12.2. The van der Waals surface area contributed by atoms with Crippen molar-refractivity contribution >= 4 is 16.5 Å². The van der Waals surface area contributed by atoms with Crippen molar-refractivity contribution in [2.45, 2.75) is 13.1 Å². The van der Waals surface area contributed by atoms with E-state index in [1.165, 1.54) is 6.20 Å². The van der Waals surface area contributed by atoms with Crippen LogP contribution < -0.4 is 10.1 Å². The Balaban J connectivity index is 2.49. The van der Waals surface area contributed by atoms with E-state index in [-0.39, 0.29) is 5.88 Å². The fourth-order valence-electron chi connectivity index (χ4n) is 1.92. The summed E-state index contributed by atoms with van der Waals surface area (Å²) in [6.45, 7) is 0.506. The highest BCUT2D eigenvalue weighted by atomic mass is 19.4. The van der Waals surface area contributed by atoms with E-state index in [4.69, 9.17) is 4.74 Å². The summed E-state index contributed by atoms with van der Waals surface area (Å²) in [6.07, 6.45) is -2.87. The average Bonchev–Trinajstić information content (AvgIpc) is 2.36. The van der Waals surface area contributed by atoms with Crippen molar-refractivity contribution in [2.24, 2.45) is 0 Å². The number of halogens is 3. The summed E-state index contributed by atoms with van der Waals surface area (Å²) in [5.41, 5.74) is 1.70. The summed E-state index contributed by atoms with van der Waals surface area (Å²) in [6, 6.07) is 5.29. The molecule has 0 unspecified atom stereocenters. The second-order valence-electron chi connectivity index (χ2n) is 4.13. The largest absolute Gasteiger partial charge is 0.468 e. The van der Waals surface area contributed by atoms with Gasteiger partial charge in [-0.1, -0.05) is 6.07 Å². The number of aryl methyl sites for hydroxylation is 1. The lowest BCUT2D eigenvalue weighted by molar-refractivity contribution is -0.153. The number of fused-ring (bicyclic) bond motifs is 1. The van der Waals surface area contributed by atoms with Gasteiger partial charge in [0.25, 0.3) is 0 Å². The molecule has 1 heterocycles. The maximum atomic E-state index is 12.2. The van der Waals surface area contributed by atoms with Crippen LogP contribution in [0, 0.1) is 6.92 Å². The van der Waals surface area contributed by atoms with E-state index in [2.05, 4.69) is 10.3 Å². The first kappa shape index (κ1) is 13.5. The van der Waals surface area contributed by atoms with Gasteiger partial charge in [-0.2, -0.15) is 13.2 Å². The van der Waals surface area contributed by atoms with Crippen LogP contribution in [0.25, 0.3) is 10.8 Å². The molecule has 1 N–H and O–H groups in total. The first-order valence-corrected chi connectivity index (χ1v) is 5.68. The van der Waals surface area contributed by atoms with Crippen LogP contribution in [-0.4, -0.2) is 24.8 Å². The van der Waals surface area contributed by atoms with Gasteiger partial charge in [-0.15, -0.1) is 0 Å². The van der Waals surface area contributed by atoms with E-state index in [1.54, 1.807) is 19.2 Å². The van der Waals surface area contributed by atoms with E-state index >= 15 is 0 Å². The minimum absolute atomic E-state index is 0.00461. The van der Waals surface area contributed by atoms with Crippen LogP contribution in [-0.2, 0) is 0 Å². The van der Waals surface area contributed by atoms with Crippen molar-refractivity contribution in [3.05, 3.63) is 30.0 Å². The molecule has 0 bridgehead atoms. The lowest BCUT2D eigenvalue weighted by Gasteiger charge is -2.13. The molecule has 2 rings (SSSR count). The second kappa shape index (κ2) is 4.95. The first-order valence-electron chi connectivity index (χ1n) is 5.68. The minimum Gasteiger partial charge on any atom is -0.468 e. The lowest BCUT2D eigenvalue weighted by atomic mass is 10.1. The normalized spacial score (nSPS) is 11.6. The molecule has 1 aromatic carbocycles. The molecule has 0 fully saturated rings. The zero-order valence-corrected chi connectivity index (χ0v) is 10.5. The van der Waals surface area contributed by atoms with Crippen LogP contribution in [0.3, 0.4) is 0 Å². The quantitative estimate of drug-likeness (QED) is 0.926. The number of ether oxygens (including phenoxy) is 1. The monoisotopic (exact) mass is 270 g/mol. The van der Waals surface area contributed by atoms with E-state index in [0.717, 1.165) is 16.6 Å². The summed E-state index contributed by atoms with van der Waals surface area (Å²) in [5.74, 6) is -0.00461. The van der Waals surface area contributed by atoms with E-state index < -0.39 is 12.8 Å². The van der Waals surface area contributed by atoms with Gasteiger partial charge in [0.15, 0.2) is 6.61 Å². The third-order valence-electron chi connectivity index (χ3n) is 2.71. The number of aromatic nitrogens is 1. The van der Waals surface area contributed by atoms with E-state index in [1.807, 2.05) is 13.0 Å². The summed E-state index contributed by atoms with van der Waals surface area (Å²) in [7, 11) is 1.75. The van der Waals surface area contributed by atoms with Crippen LogP contribution in [0.5, 0.6) is 5.88 Å². The Labute approximate surface area is 108 Å². The Morgan fingerprint density at radius 3 is 2.68 bits per heavy atom. The topological polar surface area (TPSA) is 34.1 Å². The van der Waals surface area contributed by atoms with Crippen molar-refractivity contribution in [2.75, 3.05) is 19.0 Å². The van der Waals surface area contributed by atoms with Gasteiger partial charge in [0.05, 0.1) is 0 Å². The highest BCUT2D eigenvalue weighted by Crippen LogP contribution is 2.32. The lowest BCUT2D eigenvalue weighted by Crippen LogP contribution is -2.19. The number of hydrogen-bond acceptors (Lipinski definition) is 3. The number of benzene rings is 1. The summed E-state index contributed by atoms with van der Waals surface area (Å²) in [4.78, 5) is 3.93. The van der Waals surface area contributed by atoms with Gasteiger partial charge < -0.3 is 10.1 Å². The maximum Gasteiger partial charge on any atom is 0.422 e. The Hall–Kier alpha value is -1.98. The molecule has 3 nitrogen and oxygen atoms in total. The number of alkyl halides is 3. The average molecular weight is 270 g/mol. The molecular formula is C13H13F3N2O. The Morgan fingerprint density at radius 2 is 2.05 bits per heavy atom. The van der Waals surface area contributed by atoms with Gasteiger partial charge in [0.2, 0.25) is 5.88 Å². The molecule has 1 aromatic heterocycles. The Kier molecular flexibility index (Phi) is 3.50. The van der Waals surface area contributed by atoms with E-state index in [9.17, 15) is 13.2 Å². The summed E-state index contributed by atoms with van der Waals surface area (Å²) in [5, 5.41) is 4.39. The number of nitrogens with zero attached hydrogens (tertiary/aromatic N) is 1. The minimum atomic E-state index is -4.38. The van der Waals surface area contributed by atoms with Crippen LogP contribution >= 0.6 is 0 Å². The standard InChI is InChI=1S/C13H13F3N2O/c1-8-6-18-12(19-7-13(14,15)16)9-4-3-5-10(17-2)11(8)9/h3-6,17H,7H2,1-2H3. The smallest absolute Gasteiger partial charge is 0.422 e. The molecule has 0 atom stereocenters. The molecule has 0 aliphatic heterocycles. The Morgan fingerprint density at radius 1 is 1.32 bits per heavy atom. The van der Waals surface area contributed by atoms with E-state index in [0.29, 0.717) is 5.39 Å². The number of rotatable bonds is 3. The number of anilines is 1. The van der Waals surface area contributed by atoms with Crippen molar-refractivity contribution in [1.29, 1.82) is 0 Å². The second-order valence-corrected chi connectivity index (χ2v) is 4.13. The van der Waals surface area contributed by atoms with Crippen LogP contribution in [0.2, 0.25) is 0 Å². The summed E-state index contributed by atoms with van der Waals surface area (Å²) >= 11 is 0. The molecule has 102 valence electrons. The van der Waals surface area contributed by atoms with Crippen molar-refractivity contribution < 1.29 is 17.9 Å². The van der Waals surface area contributed by atoms with Crippen LogP contribution in [0.4, 0.5) is 18.9 Å². The number of hydrogen-bond donors (Lipinski definition) is 1. The zero-order chi connectivity index (χ0) is 14.0. The highest BCUT2D eigenvalue weighted by Gasteiger charge is 2.29. The number of pyridine rings is 1. The molecule has 0 aliphatic carbocycles. The van der Waals surface area contributed by atoms with Gasteiger partial charge in [-0.25, -0.2) is 4.98 Å². The first-order chi connectivity index (χ1) is 8.92. The fourth-order valence-corrected chi connectivity index (χ4v) is 1.92. The molecule has 0 spiro atoms. The molecule has 0 radical (unpaired) electrons. The fraction of sp³-hybridized carbons (Fsp3) is 0.308. The molecule has 6 heteroatoms. The van der Waals surface area contributed by atoms with Gasteiger partial charge in [0.1, 0.15) is 0 Å². The van der Waals surface area contributed by atoms with Crippen molar-refractivity contribution in [3.63, 3.8) is 0 Å². The molecule has 0 saturated heterocycles. The van der Waals surface area contributed by atoms with Crippen LogP contribution in [0.1, 0.15) is 5.56 Å². The number of nitrogens with one attached hydrogen (secondary N) is 1. The third kappa shape index (κ3) is 2.89. The van der Waals surface area contributed by atoms with Gasteiger partial charge in [-0.05, 0) is 24.6 Å². The molecule has 2 aromatic rings. The highest BCUT2D eigenvalue weighted by molar-refractivity contribution is 5.98. The van der Waals surface area contributed by atoms with Gasteiger partial charge >= 0.3 is 6.18 Å². The molecule has 0 aliphatic rings. The molecule has 0 saturated carbocycles. The van der Waals surface area contributed by atoms with Crippen LogP contribution in [0.15, 0.2) is 24.4 Å². The van der Waals surface area contributed by atoms with Gasteiger partial charge in [-0.3, -0.25) is 0 Å². The predicted molar refractivity (Wildman–Crippen MR) is 67.6 cm³/mol. The Bertz CT molecular complexity index is 596. The third-order valence-corrected chi connectivity index (χ3v) is 2.71. The predicted octanol–water partition coefficient (Wildman–Crippen LogP) is 3.53. The molecular weight excluding hydrogens is 257 g/mol. The van der Waals surface area contributed by atoms with Gasteiger partial charge in [0, 0.05) is 29.7 Å². The molecule has 19 heavy (non-hydrogen) atoms. The van der Waals surface area contributed by atoms with Crippen molar-refractivity contribution in [3.8, 4) is 5.88 Å². The van der Waals surface area contributed by atoms with Crippen molar-refractivity contribution in [1.82, 2.24) is 4.98 Å². The summed E-state index contributed by atoms with van der Waals surface area (Å²) < 4.78 is 41.4. The molecule has 0 amide bonds.